The molecule has 0 heterocycles. The lowest BCUT2D eigenvalue weighted by molar-refractivity contribution is 0.0640. The molecule has 1 saturated carbocycles. The molecule has 25 heavy (non-hydrogen) atoms. The van der Waals surface area contributed by atoms with E-state index in [0.29, 0.717) is 6.04 Å². The van der Waals surface area contributed by atoms with E-state index in [9.17, 15) is 5.11 Å². The fraction of sp³-hybridized carbons (Fsp3) is 0.524. The van der Waals surface area contributed by atoms with Crippen molar-refractivity contribution in [2.45, 2.75) is 50.7 Å². The number of methoxy groups -OCH3 is 2. The molecule has 0 bridgehead atoms. The first-order valence-corrected chi connectivity index (χ1v) is 9.23. The number of nitrogens with one attached hydrogen (secondary N) is 1. The van der Waals surface area contributed by atoms with Crippen LogP contribution in [-0.2, 0) is 4.74 Å². The highest BCUT2D eigenvalue weighted by molar-refractivity contribution is 5.29. The molecule has 0 radical (unpaired) electrons. The van der Waals surface area contributed by atoms with E-state index >= 15 is 0 Å². The van der Waals surface area contributed by atoms with Crippen molar-refractivity contribution in [3.63, 3.8) is 0 Å². The molecule has 3 rings (SSSR count). The standard InChI is InChI=1S/C21H29NO3/c1-24-17-11-7-15(8-12-17)21(23)19-5-3-4-6-20(19)22-16-9-13-18(25-2)14-10-16/h7-9,11-13,19-23H,3-6,10,14H2,1-2H3. The van der Waals surface area contributed by atoms with E-state index in [1.807, 2.05) is 30.3 Å². The zero-order valence-corrected chi connectivity index (χ0v) is 15.2. The molecule has 2 N–H and O–H groups in total. The van der Waals surface area contributed by atoms with Gasteiger partial charge in [-0.15, -0.1) is 0 Å². The number of benzene rings is 1. The van der Waals surface area contributed by atoms with Crippen molar-refractivity contribution in [2.24, 2.45) is 5.92 Å². The SMILES string of the molecule is COC1=CC=C(NC2CCCCC2C(O)c2ccc(OC)cc2)CC1. The summed E-state index contributed by atoms with van der Waals surface area (Å²) >= 11 is 0. The fourth-order valence-corrected chi connectivity index (χ4v) is 3.91. The molecule has 3 unspecified atom stereocenters. The first-order valence-electron chi connectivity index (χ1n) is 9.23. The average Bonchev–Trinajstić information content (AvgIpc) is 2.68. The molecule has 0 amide bonds. The highest BCUT2D eigenvalue weighted by Gasteiger charge is 2.32. The van der Waals surface area contributed by atoms with Gasteiger partial charge in [0.2, 0.25) is 0 Å². The molecule has 2 aliphatic carbocycles. The molecular formula is C21H29NO3. The van der Waals surface area contributed by atoms with E-state index in [1.165, 1.54) is 18.5 Å². The van der Waals surface area contributed by atoms with Crippen LogP contribution in [0.5, 0.6) is 5.75 Å². The molecule has 1 aromatic rings. The molecule has 4 heteroatoms. The Bertz CT molecular complexity index is 621. The van der Waals surface area contributed by atoms with Gasteiger partial charge in [-0.3, -0.25) is 0 Å². The Morgan fingerprint density at radius 2 is 1.76 bits per heavy atom. The predicted octanol–water partition coefficient (Wildman–Crippen LogP) is 4.09. The summed E-state index contributed by atoms with van der Waals surface area (Å²) in [6.07, 6.45) is 10.2. The van der Waals surface area contributed by atoms with Gasteiger partial charge in [-0.25, -0.2) is 0 Å². The van der Waals surface area contributed by atoms with Crippen molar-refractivity contribution < 1.29 is 14.6 Å². The molecule has 0 spiro atoms. The molecule has 4 nitrogen and oxygen atoms in total. The number of aliphatic hydroxyl groups is 1. The summed E-state index contributed by atoms with van der Waals surface area (Å²) in [5.74, 6) is 2.09. The summed E-state index contributed by atoms with van der Waals surface area (Å²) in [7, 11) is 3.38. The second-order valence-electron chi connectivity index (χ2n) is 6.95. The third-order valence-corrected chi connectivity index (χ3v) is 5.43. The van der Waals surface area contributed by atoms with Crippen molar-refractivity contribution >= 4 is 0 Å². The Hall–Kier alpha value is -1.94. The average molecular weight is 343 g/mol. The van der Waals surface area contributed by atoms with Gasteiger partial charge in [-0.1, -0.05) is 25.0 Å². The van der Waals surface area contributed by atoms with E-state index in [4.69, 9.17) is 9.47 Å². The summed E-state index contributed by atoms with van der Waals surface area (Å²) in [5.41, 5.74) is 2.22. The molecule has 1 aromatic carbocycles. The Balaban J connectivity index is 1.69. The Morgan fingerprint density at radius 3 is 2.40 bits per heavy atom. The molecule has 0 aromatic heterocycles. The second kappa shape index (κ2) is 8.43. The fourth-order valence-electron chi connectivity index (χ4n) is 3.91. The first kappa shape index (κ1) is 17.9. The van der Waals surface area contributed by atoms with Crippen molar-refractivity contribution in [2.75, 3.05) is 14.2 Å². The maximum atomic E-state index is 11.0. The van der Waals surface area contributed by atoms with Gasteiger partial charge in [0, 0.05) is 24.1 Å². The summed E-state index contributed by atoms with van der Waals surface area (Å²) in [4.78, 5) is 0. The number of hydrogen-bond acceptors (Lipinski definition) is 4. The van der Waals surface area contributed by atoms with E-state index < -0.39 is 6.10 Å². The Labute approximate surface area is 150 Å². The molecule has 136 valence electrons. The van der Waals surface area contributed by atoms with Crippen LogP contribution < -0.4 is 10.1 Å². The summed E-state index contributed by atoms with van der Waals surface area (Å²) in [6, 6.07) is 8.11. The van der Waals surface area contributed by atoms with Crippen LogP contribution in [0.2, 0.25) is 0 Å². The second-order valence-corrected chi connectivity index (χ2v) is 6.95. The van der Waals surface area contributed by atoms with Gasteiger partial charge in [0.15, 0.2) is 0 Å². The molecule has 2 aliphatic rings. The summed E-state index contributed by atoms with van der Waals surface area (Å²) in [5, 5.41) is 14.7. The van der Waals surface area contributed by atoms with Gasteiger partial charge in [0.1, 0.15) is 5.75 Å². The van der Waals surface area contributed by atoms with Crippen LogP contribution in [0.3, 0.4) is 0 Å². The topological polar surface area (TPSA) is 50.7 Å². The lowest BCUT2D eigenvalue weighted by atomic mass is 9.78. The number of aliphatic hydroxyl groups excluding tert-OH is 1. The maximum absolute atomic E-state index is 11.0. The zero-order chi connectivity index (χ0) is 17.6. The van der Waals surface area contributed by atoms with Gasteiger partial charge < -0.3 is 19.9 Å². The van der Waals surface area contributed by atoms with Gasteiger partial charge in [-0.05, 0) is 49.1 Å². The van der Waals surface area contributed by atoms with Crippen LogP contribution in [0.15, 0.2) is 47.9 Å². The lowest BCUT2D eigenvalue weighted by Crippen LogP contribution is -2.41. The normalized spacial score (nSPS) is 24.8. The summed E-state index contributed by atoms with van der Waals surface area (Å²) < 4.78 is 10.5. The van der Waals surface area contributed by atoms with Crippen LogP contribution in [0, 0.1) is 5.92 Å². The minimum absolute atomic E-state index is 0.232. The van der Waals surface area contributed by atoms with E-state index in [2.05, 4.69) is 11.4 Å². The monoisotopic (exact) mass is 343 g/mol. The molecule has 0 aliphatic heterocycles. The molecular weight excluding hydrogens is 314 g/mol. The molecule has 3 atom stereocenters. The lowest BCUT2D eigenvalue weighted by Gasteiger charge is -2.37. The quantitative estimate of drug-likeness (QED) is 0.817. The highest BCUT2D eigenvalue weighted by atomic mass is 16.5. The number of rotatable bonds is 6. The van der Waals surface area contributed by atoms with Crippen molar-refractivity contribution in [3.05, 3.63) is 53.4 Å². The largest absolute Gasteiger partial charge is 0.501 e. The maximum Gasteiger partial charge on any atom is 0.118 e. The van der Waals surface area contributed by atoms with E-state index in [-0.39, 0.29) is 5.92 Å². The van der Waals surface area contributed by atoms with Gasteiger partial charge in [0.05, 0.1) is 26.1 Å². The van der Waals surface area contributed by atoms with Gasteiger partial charge in [-0.2, -0.15) is 0 Å². The van der Waals surface area contributed by atoms with Gasteiger partial charge in [0.25, 0.3) is 0 Å². The first-order chi connectivity index (χ1) is 12.2. The predicted molar refractivity (Wildman–Crippen MR) is 99.2 cm³/mol. The molecule has 0 saturated heterocycles. The highest BCUT2D eigenvalue weighted by Crippen LogP contribution is 2.36. The Kier molecular flexibility index (Phi) is 6.03. The third-order valence-electron chi connectivity index (χ3n) is 5.43. The smallest absolute Gasteiger partial charge is 0.118 e. The minimum atomic E-state index is -0.446. The Morgan fingerprint density at radius 1 is 1.00 bits per heavy atom. The van der Waals surface area contributed by atoms with E-state index in [1.54, 1.807) is 14.2 Å². The van der Waals surface area contributed by atoms with Crippen LogP contribution in [0.25, 0.3) is 0 Å². The van der Waals surface area contributed by atoms with Crippen molar-refractivity contribution in [3.8, 4) is 5.75 Å². The summed E-state index contributed by atoms with van der Waals surface area (Å²) in [6.45, 7) is 0. The van der Waals surface area contributed by atoms with Crippen molar-refractivity contribution in [1.82, 2.24) is 5.32 Å². The number of ether oxygens (including phenoxy) is 2. The molecule has 1 fully saturated rings. The van der Waals surface area contributed by atoms with E-state index in [0.717, 1.165) is 42.8 Å². The zero-order valence-electron chi connectivity index (χ0n) is 15.2. The van der Waals surface area contributed by atoms with Crippen LogP contribution in [0.4, 0.5) is 0 Å². The number of hydrogen-bond donors (Lipinski definition) is 2. The van der Waals surface area contributed by atoms with Crippen molar-refractivity contribution in [1.29, 1.82) is 0 Å². The third kappa shape index (κ3) is 4.37. The van der Waals surface area contributed by atoms with Crippen LogP contribution in [-0.4, -0.2) is 25.4 Å². The minimum Gasteiger partial charge on any atom is -0.501 e. The van der Waals surface area contributed by atoms with Crippen LogP contribution in [0.1, 0.15) is 50.2 Å². The van der Waals surface area contributed by atoms with Gasteiger partial charge >= 0.3 is 0 Å². The number of allylic oxidation sites excluding steroid dienone is 4. The van der Waals surface area contributed by atoms with Crippen LogP contribution >= 0.6 is 0 Å².